The third kappa shape index (κ3) is 5.66. The van der Waals surface area contributed by atoms with Gasteiger partial charge in [0.15, 0.2) is 0 Å². The SMILES string of the molecule is CCOC(=O)CCCc1cccc(-c2noc(-c3ccc(OC(C)C)c(C)c3)n2)c1OC. The number of aryl methyl sites for hydroxylation is 2. The Hall–Kier alpha value is -3.35. The molecule has 0 amide bonds. The first-order valence-corrected chi connectivity index (χ1v) is 10.9. The van der Waals surface area contributed by atoms with E-state index in [4.69, 9.17) is 18.7 Å². The summed E-state index contributed by atoms with van der Waals surface area (Å²) in [6.07, 6.45) is 1.81. The van der Waals surface area contributed by atoms with Crippen molar-refractivity contribution in [2.45, 2.75) is 53.1 Å². The van der Waals surface area contributed by atoms with Crippen LogP contribution in [0.5, 0.6) is 11.5 Å². The van der Waals surface area contributed by atoms with E-state index in [-0.39, 0.29) is 12.1 Å². The summed E-state index contributed by atoms with van der Waals surface area (Å²) in [5, 5.41) is 4.17. The molecule has 0 fully saturated rings. The molecule has 0 atom stereocenters. The zero-order chi connectivity index (χ0) is 23.1. The van der Waals surface area contributed by atoms with Crippen molar-refractivity contribution in [2.75, 3.05) is 13.7 Å². The minimum absolute atomic E-state index is 0.103. The van der Waals surface area contributed by atoms with E-state index in [9.17, 15) is 4.79 Å². The molecule has 32 heavy (non-hydrogen) atoms. The van der Waals surface area contributed by atoms with E-state index in [0.717, 1.165) is 28.0 Å². The van der Waals surface area contributed by atoms with E-state index in [2.05, 4.69) is 10.1 Å². The van der Waals surface area contributed by atoms with Gasteiger partial charge in [0.2, 0.25) is 5.82 Å². The van der Waals surface area contributed by atoms with Gasteiger partial charge in [0.05, 0.1) is 25.4 Å². The fourth-order valence-electron chi connectivity index (χ4n) is 3.47. The lowest BCUT2D eigenvalue weighted by molar-refractivity contribution is -0.143. The van der Waals surface area contributed by atoms with Gasteiger partial charge in [-0.15, -0.1) is 0 Å². The van der Waals surface area contributed by atoms with E-state index in [1.54, 1.807) is 14.0 Å². The molecule has 7 nitrogen and oxygen atoms in total. The standard InChI is InChI=1S/C25H30N2O5/c1-6-30-22(28)12-8-10-18-9-7-11-20(23(18)29-5)24-26-25(32-27-24)19-13-14-21(17(4)15-19)31-16(2)3/h7,9,11,13-16H,6,8,10,12H2,1-5H3. The van der Waals surface area contributed by atoms with Crippen molar-refractivity contribution in [1.82, 2.24) is 10.1 Å². The highest BCUT2D eigenvalue weighted by molar-refractivity contribution is 5.70. The molecular formula is C25H30N2O5. The highest BCUT2D eigenvalue weighted by Crippen LogP contribution is 2.34. The van der Waals surface area contributed by atoms with Crippen LogP contribution in [0.1, 0.15) is 44.7 Å². The van der Waals surface area contributed by atoms with Crippen molar-refractivity contribution in [1.29, 1.82) is 0 Å². The minimum Gasteiger partial charge on any atom is -0.496 e. The predicted molar refractivity (Wildman–Crippen MR) is 122 cm³/mol. The summed E-state index contributed by atoms with van der Waals surface area (Å²) in [7, 11) is 1.62. The van der Waals surface area contributed by atoms with Gasteiger partial charge in [-0.2, -0.15) is 4.98 Å². The highest BCUT2D eigenvalue weighted by atomic mass is 16.5. The number of hydrogen-bond donors (Lipinski definition) is 0. The number of rotatable bonds is 10. The van der Waals surface area contributed by atoms with Crippen LogP contribution in [-0.2, 0) is 16.0 Å². The first-order chi connectivity index (χ1) is 15.4. The second kappa shape index (κ2) is 10.8. The molecule has 7 heteroatoms. The van der Waals surface area contributed by atoms with E-state index in [1.807, 2.05) is 57.2 Å². The van der Waals surface area contributed by atoms with Gasteiger partial charge >= 0.3 is 5.97 Å². The number of ether oxygens (including phenoxy) is 3. The van der Waals surface area contributed by atoms with Crippen LogP contribution in [0.2, 0.25) is 0 Å². The maximum absolute atomic E-state index is 11.6. The van der Waals surface area contributed by atoms with Crippen LogP contribution in [0.15, 0.2) is 40.9 Å². The number of carbonyl (C=O) groups excluding carboxylic acids is 1. The maximum Gasteiger partial charge on any atom is 0.305 e. The van der Waals surface area contributed by atoms with Gasteiger partial charge in [0.25, 0.3) is 5.89 Å². The topological polar surface area (TPSA) is 83.7 Å². The first-order valence-electron chi connectivity index (χ1n) is 10.9. The van der Waals surface area contributed by atoms with E-state index in [1.165, 1.54) is 0 Å². The summed E-state index contributed by atoms with van der Waals surface area (Å²) >= 11 is 0. The lowest BCUT2D eigenvalue weighted by atomic mass is 10.0. The summed E-state index contributed by atoms with van der Waals surface area (Å²) in [4.78, 5) is 16.2. The number of carbonyl (C=O) groups is 1. The summed E-state index contributed by atoms with van der Waals surface area (Å²) in [5.74, 6) is 2.20. The molecule has 0 spiro atoms. The Morgan fingerprint density at radius 3 is 2.69 bits per heavy atom. The van der Waals surface area contributed by atoms with Crippen molar-refractivity contribution in [3.05, 3.63) is 47.5 Å². The number of benzene rings is 2. The van der Waals surface area contributed by atoms with Gasteiger partial charge in [-0.3, -0.25) is 4.79 Å². The number of aromatic nitrogens is 2. The molecule has 1 aromatic heterocycles. The quantitative estimate of drug-likeness (QED) is 0.392. The summed E-state index contributed by atoms with van der Waals surface area (Å²) < 4.78 is 22.0. The van der Waals surface area contributed by atoms with Crippen LogP contribution >= 0.6 is 0 Å². The number of hydrogen-bond acceptors (Lipinski definition) is 7. The summed E-state index contributed by atoms with van der Waals surface area (Å²) in [5.41, 5.74) is 3.54. The largest absolute Gasteiger partial charge is 0.496 e. The molecule has 0 saturated heterocycles. The van der Waals surface area contributed by atoms with Crippen LogP contribution in [0, 0.1) is 6.92 Å². The van der Waals surface area contributed by atoms with Crippen LogP contribution < -0.4 is 9.47 Å². The van der Waals surface area contributed by atoms with Gasteiger partial charge in [-0.25, -0.2) is 0 Å². The van der Waals surface area contributed by atoms with E-state index >= 15 is 0 Å². The van der Waals surface area contributed by atoms with Crippen LogP contribution in [-0.4, -0.2) is 35.9 Å². The Labute approximate surface area is 188 Å². The number of nitrogens with zero attached hydrogens (tertiary/aromatic N) is 2. The average Bonchev–Trinajstić information content (AvgIpc) is 3.25. The third-order valence-corrected chi connectivity index (χ3v) is 4.88. The predicted octanol–water partition coefficient (Wildman–Crippen LogP) is 5.39. The number of esters is 1. The van der Waals surface area contributed by atoms with Gasteiger partial charge in [0, 0.05) is 12.0 Å². The van der Waals surface area contributed by atoms with Crippen molar-refractivity contribution < 1.29 is 23.5 Å². The Kier molecular flexibility index (Phi) is 7.87. The Bertz CT molecular complexity index is 1060. The van der Waals surface area contributed by atoms with Gasteiger partial charge in [0.1, 0.15) is 11.5 Å². The van der Waals surface area contributed by atoms with Gasteiger partial charge in [-0.1, -0.05) is 17.3 Å². The molecule has 2 aromatic carbocycles. The normalized spacial score (nSPS) is 10.9. The zero-order valence-corrected chi connectivity index (χ0v) is 19.3. The van der Waals surface area contributed by atoms with E-state index < -0.39 is 0 Å². The molecule has 3 aromatic rings. The molecule has 170 valence electrons. The number of para-hydroxylation sites is 1. The average molecular weight is 439 g/mol. The fraction of sp³-hybridized carbons (Fsp3) is 0.400. The number of methoxy groups -OCH3 is 1. The van der Waals surface area contributed by atoms with Crippen molar-refractivity contribution in [2.24, 2.45) is 0 Å². The lowest BCUT2D eigenvalue weighted by Gasteiger charge is -2.12. The molecule has 0 aliphatic heterocycles. The maximum atomic E-state index is 11.6. The molecule has 0 N–H and O–H groups in total. The van der Waals surface area contributed by atoms with Crippen LogP contribution in [0.3, 0.4) is 0 Å². The molecule has 0 radical (unpaired) electrons. The molecule has 0 aliphatic rings. The molecule has 0 saturated carbocycles. The monoisotopic (exact) mass is 438 g/mol. The molecule has 0 bridgehead atoms. The third-order valence-electron chi connectivity index (χ3n) is 4.88. The summed E-state index contributed by atoms with van der Waals surface area (Å²) in [6, 6.07) is 11.6. The van der Waals surface area contributed by atoms with Gasteiger partial charge < -0.3 is 18.7 Å². The molecular weight excluding hydrogens is 408 g/mol. The van der Waals surface area contributed by atoms with Crippen molar-refractivity contribution in [3.63, 3.8) is 0 Å². The highest BCUT2D eigenvalue weighted by Gasteiger charge is 2.18. The fourth-order valence-corrected chi connectivity index (χ4v) is 3.47. The summed E-state index contributed by atoms with van der Waals surface area (Å²) in [6.45, 7) is 8.18. The molecule has 0 aliphatic carbocycles. The lowest BCUT2D eigenvalue weighted by Crippen LogP contribution is -2.06. The zero-order valence-electron chi connectivity index (χ0n) is 19.3. The first kappa shape index (κ1) is 23.3. The second-order valence-electron chi connectivity index (χ2n) is 7.73. The van der Waals surface area contributed by atoms with Gasteiger partial charge in [-0.05, 0) is 75.9 Å². The Morgan fingerprint density at radius 2 is 2.00 bits per heavy atom. The second-order valence-corrected chi connectivity index (χ2v) is 7.73. The van der Waals surface area contributed by atoms with Crippen LogP contribution in [0.25, 0.3) is 22.8 Å². The van der Waals surface area contributed by atoms with Crippen molar-refractivity contribution >= 4 is 5.97 Å². The smallest absolute Gasteiger partial charge is 0.305 e. The van der Waals surface area contributed by atoms with E-state index in [0.29, 0.717) is 43.3 Å². The van der Waals surface area contributed by atoms with Crippen LogP contribution in [0.4, 0.5) is 0 Å². The van der Waals surface area contributed by atoms with Crippen molar-refractivity contribution in [3.8, 4) is 34.3 Å². The molecule has 0 unspecified atom stereocenters. The Morgan fingerprint density at radius 1 is 1.19 bits per heavy atom. The molecule has 3 rings (SSSR count). The molecule has 1 heterocycles. The Balaban J connectivity index is 1.81. The minimum atomic E-state index is -0.189.